The van der Waals surface area contributed by atoms with Crippen molar-refractivity contribution in [3.05, 3.63) is 88.5 Å². The summed E-state index contributed by atoms with van der Waals surface area (Å²) in [5.74, 6) is 0.0729. The van der Waals surface area contributed by atoms with Gasteiger partial charge in [-0.1, -0.05) is 48.5 Å². The zero-order valence-electron chi connectivity index (χ0n) is 18.7. The molecular formula is C28H29NO3. The quantitative estimate of drug-likeness (QED) is 0.546. The summed E-state index contributed by atoms with van der Waals surface area (Å²) in [6, 6.07) is 21.7. The number of ether oxygens (including phenoxy) is 1. The van der Waals surface area contributed by atoms with Crippen molar-refractivity contribution >= 4 is 5.97 Å². The number of fused-ring (bicyclic) bond motifs is 1. The predicted molar refractivity (Wildman–Crippen MR) is 126 cm³/mol. The molecule has 0 amide bonds. The van der Waals surface area contributed by atoms with Gasteiger partial charge in [-0.3, -0.25) is 9.69 Å². The molecule has 4 nitrogen and oxygen atoms in total. The number of hydrogen-bond acceptors (Lipinski definition) is 3. The van der Waals surface area contributed by atoms with Gasteiger partial charge in [-0.2, -0.15) is 0 Å². The molecular weight excluding hydrogens is 398 g/mol. The third kappa shape index (κ3) is 4.03. The minimum Gasteiger partial charge on any atom is -0.489 e. The summed E-state index contributed by atoms with van der Waals surface area (Å²) in [7, 11) is 0. The van der Waals surface area contributed by atoms with Gasteiger partial charge in [-0.05, 0) is 77.8 Å². The molecule has 0 aromatic heterocycles. The van der Waals surface area contributed by atoms with Crippen LogP contribution in [0.5, 0.6) is 5.75 Å². The molecule has 1 heterocycles. The smallest absolute Gasteiger partial charge is 0.306 e. The van der Waals surface area contributed by atoms with Gasteiger partial charge >= 0.3 is 5.97 Å². The molecule has 1 saturated carbocycles. The molecule has 1 aliphatic heterocycles. The van der Waals surface area contributed by atoms with Crippen LogP contribution in [-0.4, -0.2) is 22.0 Å². The van der Waals surface area contributed by atoms with Gasteiger partial charge in [-0.25, -0.2) is 0 Å². The van der Waals surface area contributed by atoms with Gasteiger partial charge in [0.25, 0.3) is 0 Å². The molecule has 1 fully saturated rings. The molecule has 0 radical (unpaired) electrons. The number of hydrogen-bond donors (Lipinski definition) is 1. The number of aryl methyl sites for hydroxylation is 2. The molecule has 4 heteroatoms. The highest BCUT2D eigenvalue weighted by molar-refractivity contribution is 5.71. The minimum atomic E-state index is -0.657. The van der Waals surface area contributed by atoms with E-state index in [2.05, 4.69) is 73.3 Å². The van der Waals surface area contributed by atoms with Crippen LogP contribution >= 0.6 is 0 Å². The Morgan fingerprint density at radius 3 is 2.34 bits per heavy atom. The number of benzene rings is 3. The standard InChI is InChI=1S/C28H29NO3/c1-18-10-20(11-19(2)27(18)21-6-4-3-5-7-21)17-32-26-9-8-22-15-29(16-24(22)14-26)25-12-23(13-25)28(30)31/h3-11,14,23,25H,12-13,15-17H2,1-2H3,(H,30,31). The van der Waals surface area contributed by atoms with Crippen LogP contribution < -0.4 is 4.74 Å². The molecule has 1 aliphatic carbocycles. The van der Waals surface area contributed by atoms with E-state index in [1.807, 2.05) is 6.07 Å². The Hall–Kier alpha value is -3.11. The van der Waals surface area contributed by atoms with Crippen molar-refractivity contribution in [2.24, 2.45) is 5.92 Å². The summed E-state index contributed by atoms with van der Waals surface area (Å²) in [6.07, 6.45) is 1.54. The number of rotatable bonds is 6. The van der Waals surface area contributed by atoms with E-state index in [0.29, 0.717) is 12.6 Å². The van der Waals surface area contributed by atoms with E-state index < -0.39 is 5.97 Å². The fourth-order valence-corrected chi connectivity index (χ4v) is 5.20. The first-order valence-electron chi connectivity index (χ1n) is 11.3. The molecule has 2 aliphatic rings. The Morgan fingerprint density at radius 2 is 1.66 bits per heavy atom. The first kappa shape index (κ1) is 20.8. The Kier molecular flexibility index (Phi) is 5.48. The average Bonchev–Trinajstić information content (AvgIpc) is 3.14. The van der Waals surface area contributed by atoms with Gasteiger partial charge in [0.1, 0.15) is 12.4 Å². The van der Waals surface area contributed by atoms with Gasteiger partial charge in [0.15, 0.2) is 0 Å². The first-order valence-corrected chi connectivity index (χ1v) is 11.3. The lowest BCUT2D eigenvalue weighted by Crippen LogP contribution is -2.44. The van der Waals surface area contributed by atoms with Crippen LogP contribution in [-0.2, 0) is 24.5 Å². The van der Waals surface area contributed by atoms with Gasteiger partial charge in [0, 0.05) is 19.1 Å². The number of carboxylic acids is 1. The van der Waals surface area contributed by atoms with Crippen molar-refractivity contribution in [2.75, 3.05) is 0 Å². The highest BCUT2D eigenvalue weighted by atomic mass is 16.5. The van der Waals surface area contributed by atoms with Gasteiger partial charge in [0.05, 0.1) is 5.92 Å². The van der Waals surface area contributed by atoms with E-state index in [9.17, 15) is 4.79 Å². The number of aliphatic carboxylic acids is 1. The zero-order valence-corrected chi connectivity index (χ0v) is 18.7. The second-order valence-corrected chi connectivity index (χ2v) is 9.26. The molecule has 5 rings (SSSR count). The average molecular weight is 428 g/mol. The summed E-state index contributed by atoms with van der Waals surface area (Å²) in [5.41, 5.74) is 8.88. The maximum Gasteiger partial charge on any atom is 0.306 e. The van der Waals surface area contributed by atoms with Crippen molar-refractivity contribution in [3.63, 3.8) is 0 Å². The lowest BCUT2D eigenvalue weighted by molar-refractivity contribution is -0.147. The fourth-order valence-electron chi connectivity index (χ4n) is 5.20. The van der Waals surface area contributed by atoms with Crippen LogP contribution in [0.3, 0.4) is 0 Å². The largest absolute Gasteiger partial charge is 0.489 e. The predicted octanol–water partition coefficient (Wildman–Crippen LogP) is 5.73. The monoisotopic (exact) mass is 427 g/mol. The van der Waals surface area contributed by atoms with Crippen LogP contribution in [0.15, 0.2) is 60.7 Å². The van der Waals surface area contributed by atoms with Gasteiger partial charge in [-0.15, -0.1) is 0 Å². The van der Waals surface area contributed by atoms with Crippen LogP contribution in [0.4, 0.5) is 0 Å². The van der Waals surface area contributed by atoms with Crippen LogP contribution in [0.25, 0.3) is 11.1 Å². The molecule has 0 spiro atoms. The van der Waals surface area contributed by atoms with E-state index in [-0.39, 0.29) is 5.92 Å². The van der Waals surface area contributed by atoms with Crippen molar-refractivity contribution in [1.29, 1.82) is 0 Å². The highest BCUT2D eigenvalue weighted by Gasteiger charge is 2.39. The van der Waals surface area contributed by atoms with Gasteiger partial charge in [0.2, 0.25) is 0 Å². The van der Waals surface area contributed by atoms with E-state index >= 15 is 0 Å². The Morgan fingerprint density at radius 1 is 0.969 bits per heavy atom. The summed E-state index contributed by atoms with van der Waals surface area (Å²) >= 11 is 0. The maximum atomic E-state index is 11.1. The van der Waals surface area contributed by atoms with E-state index in [4.69, 9.17) is 9.84 Å². The number of carboxylic acid groups (broad SMARTS) is 1. The van der Waals surface area contributed by atoms with Crippen molar-refractivity contribution < 1.29 is 14.6 Å². The Balaban J connectivity index is 1.23. The lowest BCUT2D eigenvalue weighted by Gasteiger charge is -2.39. The van der Waals surface area contributed by atoms with Crippen molar-refractivity contribution in [1.82, 2.24) is 4.90 Å². The number of carbonyl (C=O) groups is 1. The zero-order chi connectivity index (χ0) is 22.2. The van der Waals surface area contributed by atoms with E-state index in [1.165, 1.54) is 38.9 Å². The molecule has 164 valence electrons. The van der Waals surface area contributed by atoms with Crippen LogP contribution in [0, 0.1) is 19.8 Å². The summed E-state index contributed by atoms with van der Waals surface area (Å²) in [5, 5.41) is 9.13. The fraction of sp³-hybridized carbons (Fsp3) is 0.321. The van der Waals surface area contributed by atoms with Crippen molar-refractivity contribution in [2.45, 2.75) is 52.4 Å². The molecule has 3 aromatic rings. The Bertz CT molecular complexity index is 1130. The molecule has 3 aromatic carbocycles. The second-order valence-electron chi connectivity index (χ2n) is 9.26. The second kappa shape index (κ2) is 8.44. The normalized spacial score (nSPS) is 19.9. The lowest BCUT2D eigenvalue weighted by atomic mass is 9.79. The van der Waals surface area contributed by atoms with Crippen molar-refractivity contribution in [3.8, 4) is 16.9 Å². The summed E-state index contributed by atoms with van der Waals surface area (Å²) < 4.78 is 6.16. The van der Waals surface area contributed by atoms with Crippen LogP contribution in [0.2, 0.25) is 0 Å². The third-order valence-electron chi connectivity index (χ3n) is 6.96. The van der Waals surface area contributed by atoms with Gasteiger partial charge < -0.3 is 9.84 Å². The van der Waals surface area contributed by atoms with Crippen LogP contribution in [0.1, 0.15) is 40.7 Å². The molecule has 0 unspecified atom stereocenters. The first-order chi connectivity index (χ1) is 15.5. The Labute approximate surface area is 189 Å². The molecule has 0 saturated heterocycles. The maximum absolute atomic E-state index is 11.1. The summed E-state index contributed by atoms with van der Waals surface area (Å²) in [4.78, 5) is 13.5. The topological polar surface area (TPSA) is 49.8 Å². The number of nitrogens with zero attached hydrogens (tertiary/aromatic N) is 1. The highest BCUT2D eigenvalue weighted by Crippen LogP contribution is 2.38. The summed E-state index contributed by atoms with van der Waals surface area (Å²) in [6.45, 7) is 6.66. The SMILES string of the molecule is Cc1cc(COc2ccc3c(c2)CN(C2CC(C(=O)O)C2)C3)cc(C)c1-c1ccccc1. The third-order valence-corrected chi connectivity index (χ3v) is 6.96. The molecule has 32 heavy (non-hydrogen) atoms. The van der Waals surface area contributed by atoms with E-state index in [1.54, 1.807) is 0 Å². The minimum absolute atomic E-state index is 0.164. The molecule has 1 N–H and O–H groups in total. The van der Waals surface area contributed by atoms with E-state index in [0.717, 1.165) is 31.7 Å². The molecule has 0 atom stereocenters. The molecule has 0 bridgehead atoms.